The van der Waals surface area contributed by atoms with E-state index in [-0.39, 0.29) is 59.1 Å². The molecule has 9 heteroatoms. The quantitative estimate of drug-likeness (QED) is 0.227. The number of hydrogen-bond acceptors (Lipinski definition) is 6. The molecule has 8 nitrogen and oxygen atoms in total. The highest BCUT2D eigenvalue weighted by Gasteiger charge is 2.59. The Labute approximate surface area is 182 Å². The third-order valence-corrected chi connectivity index (χ3v) is 6.28. The molecule has 2 fully saturated rings. The van der Waals surface area contributed by atoms with E-state index in [0.717, 1.165) is 11.4 Å². The summed E-state index contributed by atoms with van der Waals surface area (Å²) >= 11 is 0. The van der Waals surface area contributed by atoms with Gasteiger partial charge in [0, 0.05) is 11.6 Å². The van der Waals surface area contributed by atoms with E-state index in [4.69, 9.17) is 4.74 Å². The number of rotatable bonds is 6. The van der Waals surface area contributed by atoms with Gasteiger partial charge in [-0.2, -0.15) is 10.1 Å². The lowest BCUT2D eigenvalue weighted by atomic mass is 9.85. The zero-order chi connectivity index (χ0) is 22.4. The zero-order valence-electron chi connectivity index (χ0n) is 16.8. The summed E-state index contributed by atoms with van der Waals surface area (Å²) < 4.78 is 18.8. The van der Waals surface area contributed by atoms with Gasteiger partial charge in [-0.3, -0.25) is 19.7 Å². The van der Waals surface area contributed by atoms with E-state index in [9.17, 15) is 24.1 Å². The molecule has 3 aliphatic rings. The van der Waals surface area contributed by atoms with Crippen molar-refractivity contribution in [3.05, 3.63) is 81.7 Å². The van der Waals surface area contributed by atoms with Crippen LogP contribution in [0.1, 0.15) is 17.5 Å². The van der Waals surface area contributed by atoms with Crippen molar-refractivity contribution in [3.63, 3.8) is 0 Å². The number of nitro groups is 1. The molecule has 2 aliphatic carbocycles. The van der Waals surface area contributed by atoms with Gasteiger partial charge in [-0.05, 0) is 42.0 Å². The number of fused-ring (bicyclic) bond motifs is 5. The number of allylic oxidation sites excluding steroid dienone is 2. The summed E-state index contributed by atoms with van der Waals surface area (Å²) in [5.74, 6) is -1.77. The van der Waals surface area contributed by atoms with Gasteiger partial charge in [0.15, 0.2) is 0 Å². The number of halogens is 1. The van der Waals surface area contributed by atoms with Gasteiger partial charge in [0.25, 0.3) is 11.8 Å². The average Bonchev–Trinajstić information content (AvgIpc) is 3.46. The van der Waals surface area contributed by atoms with Gasteiger partial charge >= 0.3 is 5.69 Å². The first-order valence-electron chi connectivity index (χ1n) is 10.2. The van der Waals surface area contributed by atoms with Crippen LogP contribution in [0.25, 0.3) is 0 Å². The van der Waals surface area contributed by atoms with Crippen LogP contribution < -0.4 is 4.74 Å². The largest absolute Gasteiger partial charge is 0.481 e. The number of amides is 2. The smallest absolute Gasteiger partial charge is 0.311 e. The van der Waals surface area contributed by atoms with Crippen LogP contribution in [-0.2, 0) is 16.2 Å². The summed E-state index contributed by atoms with van der Waals surface area (Å²) in [4.78, 5) is 36.5. The molecule has 1 heterocycles. The number of imide groups is 1. The number of carbonyl (C=O) groups is 2. The molecule has 4 atom stereocenters. The number of hydrazone groups is 1. The maximum atomic E-state index is 13.1. The van der Waals surface area contributed by atoms with Crippen molar-refractivity contribution in [2.75, 3.05) is 0 Å². The monoisotopic (exact) mass is 435 g/mol. The number of para-hydroxylation sites is 1. The topological polar surface area (TPSA) is 102 Å². The lowest BCUT2D eigenvalue weighted by Gasteiger charge is -2.13. The Bertz CT molecular complexity index is 1150. The molecule has 2 aromatic carbocycles. The number of benzene rings is 2. The van der Waals surface area contributed by atoms with Crippen molar-refractivity contribution in [3.8, 4) is 5.75 Å². The zero-order valence-corrected chi connectivity index (χ0v) is 16.8. The molecule has 1 saturated heterocycles. The van der Waals surface area contributed by atoms with E-state index >= 15 is 0 Å². The summed E-state index contributed by atoms with van der Waals surface area (Å²) in [7, 11) is 0. The Hall–Kier alpha value is -3.88. The van der Waals surface area contributed by atoms with Crippen molar-refractivity contribution in [1.82, 2.24) is 5.01 Å². The molecular weight excluding hydrogens is 417 g/mol. The lowest BCUT2D eigenvalue weighted by molar-refractivity contribution is -0.385. The maximum Gasteiger partial charge on any atom is 0.311 e. The number of nitro benzene ring substituents is 1. The number of ether oxygens (including phenoxy) is 1. The molecule has 0 N–H and O–H groups in total. The molecule has 1 aliphatic heterocycles. The van der Waals surface area contributed by atoms with Crippen LogP contribution in [0.5, 0.6) is 5.75 Å². The van der Waals surface area contributed by atoms with Crippen LogP contribution in [0.3, 0.4) is 0 Å². The normalized spacial score (nSPS) is 25.7. The van der Waals surface area contributed by atoms with Crippen molar-refractivity contribution in [1.29, 1.82) is 0 Å². The molecular formula is C23H18FN3O5. The molecule has 32 heavy (non-hydrogen) atoms. The fourth-order valence-corrected chi connectivity index (χ4v) is 4.80. The third-order valence-electron chi connectivity index (χ3n) is 6.28. The average molecular weight is 435 g/mol. The second-order valence-electron chi connectivity index (χ2n) is 8.10. The second-order valence-corrected chi connectivity index (χ2v) is 8.10. The molecule has 2 aromatic rings. The van der Waals surface area contributed by atoms with Gasteiger partial charge in [0.2, 0.25) is 5.75 Å². The first-order chi connectivity index (χ1) is 15.4. The molecule has 0 spiro atoms. The van der Waals surface area contributed by atoms with E-state index in [1.807, 2.05) is 12.2 Å². The summed E-state index contributed by atoms with van der Waals surface area (Å²) in [6.45, 7) is -0.0350. The van der Waals surface area contributed by atoms with Crippen LogP contribution in [-0.4, -0.2) is 28.0 Å². The predicted octanol–water partition coefficient (Wildman–Crippen LogP) is 3.45. The van der Waals surface area contributed by atoms with Crippen LogP contribution in [0.4, 0.5) is 10.1 Å². The van der Waals surface area contributed by atoms with Gasteiger partial charge in [-0.15, -0.1) is 0 Å². The predicted molar refractivity (Wildman–Crippen MR) is 111 cm³/mol. The van der Waals surface area contributed by atoms with E-state index in [1.54, 1.807) is 6.07 Å². The minimum atomic E-state index is -0.586. The Kier molecular flexibility index (Phi) is 4.80. The van der Waals surface area contributed by atoms with E-state index in [0.29, 0.717) is 5.56 Å². The Morgan fingerprint density at radius 1 is 1.09 bits per heavy atom. The van der Waals surface area contributed by atoms with Gasteiger partial charge in [-0.25, -0.2) is 4.39 Å². The first-order valence-corrected chi connectivity index (χ1v) is 10.2. The highest BCUT2D eigenvalue weighted by Crippen LogP contribution is 2.52. The molecule has 0 aromatic heterocycles. The summed E-state index contributed by atoms with van der Waals surface area (Å²) in [5.41, 5.74) is 0.586. The Morgan fingerprint density at radius 2 is 1.75 bits per heavy atom. The Morgan fingerprint density at radius 3 is 2.38 bits per heavy atom. The fourth-order valence-electron chi connectivity index (χ4n) is 4.80. The van der Waals surface area contributed by atoms with Crippen molar-refractivity contribution in [2.24, 2.45) is 28.8 Å². The fraction of sp³-hybridized carbons (Fsp3) is 0.261. The minimum Gasteiger partial charge on any atom is -0.481 e. The molecule has 2 bridgehead atoms. The van der Waals surface area contributed by atoms with Gasteiger partial charge in [-0.1, -0.05) is 30.4 Å². The van der Waals surface area contributed by atoms with E-state index in [2.05, 4.69) is 5.10 Å². The molecule has 162 valence electrons. The molecule has 5 rings (SSSR count). The van der Waals surface area contributed by atoms with Crippen molar-refractivity contribution in [2.45, 2.75) is 13.0 Å². The lowest BCUT2D eigenvalue weighted by Crippen LogP contribution is -2.28. The number of nitrogens with zero attached hydrogens (tertiary/aromatic N) is 3. The van der Waals surface area contributed by atoms with Gasteiger partial charge in [0.05, 0.1) is 23.0 Å². The van der Waals surface area contributed by atoms with Crippen molar-refractivity contribution >= 4 is 23.7 Å². The second kappa shape index (κ2) is 7.67. The Balaban J connectivity index is 1.41. The molecule has 0 radical (unpaired) electrons. The standard InChI is InChI=1S/C23H18FN3O5/c24-17-8-4-13(5-9-17)12-32-21-16(2-1-3-18(21)27(30)31)11-25-26-22(28)19-14-6-7-15(10-14)20(19)23(26)29/h1-9,11,14-15,19-20H,10,12H2. The van der Waals surface area contributed by atoms with Crippen LogP contribution in [0, 0.1) is 39.6 Å². The van der Waals surface area contributed by atoms with Crippen LogP contribution in [0.15, 0.2) is 59.7 Å². The summed E-state index contributed by atoms with van der Waals surface area (Å²) in [6, 6.07) is 9.87. The minimum absolute atomic E-state index is 0.0350. The first kappa shape index (κ1) is 20.0. The van der Waals surface area contributed by atoms with E-state index in [1.165, 1.54) is 42.6 Å². The number of carbonyl (C=O) groups excluding carboxylic acids is 2. The summed E-state index contributed by atoms with van der Waals surface area (Å²) in [5, 5.41) is 16.5. The molecule has 1 saturated carbocycles. The van der Waals surface area contributed by atoms with Crippen molar-refractivity contribution < 1.29 is 23.6 Å². The van der Waals surface area contributed by atoms with Crippen LogP contribution in [0.2, 0.25) is 0 Å². The van der Waals surface area contributed by atoms with Crippen LogP contribution >= 0.6 is 0 Å². The van der Waals surface area contributed by atoms with Gasteiger partial charge < -0.3 is 4.74 Å². The van der Waals surface area contributed by atoms with Gasteiger partial charge in [0.1, 0.15) is 12.4 Å². The highest BCUT2D eigenvalue weighted by molar-refractivity contribution is 6.07. The maximum absolute atomic E-state index is 13.1. The third kappa shape index (κ3) is 3.26. The SMILES string of the molecule is O=C1C2C3C=CC(C3)C2C(=O)N1N=Cc1cccc([N+](=O)[O-])c1OCc1ccc(F)cc1. The number of hydrogen-bond donors (Lipinski definition) is 0. The van der Waals surface area contributed by atoms with E-state index < -0.39 is 10.7 Å². The molecule has 2 amide bonds. The summed E-state index contributed by atoms with van der Waals surface area (Å²) in [6.07, 6.45) is 6.04. The molecule has 4 unspecified atom stereocenters. The highest BCUT2D eigenvalue weighted by atomic mass is 19.1.